The van der Waals surface area contributed by atoms with Crippen molar-refractivity contribution in [3.63, 3.8) is 0 Å². The molecule has 0 atom stereocenters. The predicted molar refractivity (Wildman–Crippen MR) is 85.0 cm³/mol. The van der Waals surface area contributed by atoms with Crippen LogP contribution in [0.3, 0.4) is 0 Å². The van der Waals surface area contributed by atoms with Crippen LogP contribution in [0.5, 0.6) is 5.75 Å². The van der Waals surface area contributed by atoms with Gasteiger partial charge < -0.3 is 5.11 Å². The third-order valence-electron chi connectivity index (χ3n) is 3.20. The molecule has 0 amide bonds. The van der Waals surface area contributed by atoms with Gasteiger partial charge in [0.1, 0.15) is 5.75 Å². The zero-order valence-corrected chi connectivity index (χ0v) is 11.8. The summed E-state index contributed by atoms with van der Waals surface area (Å²) in [5.41, 5.74) is 2.34. The van der Waals surface area contributed by atoms with Gasteiger partial charge in [-0.2, -0.15) is 5.10 Å². The van der Waals surface area contributed by atoms with Crippen LogP contribution in [0.4, 0.5) is 0 Å². The Hall–Kier alpha value is -3.14. The zero-order chi connectivity index (χ0) is 15.4. The topological polar surface area (TPSA) is 55.1 Å². The van der Waals surface area contributed by atoms with E-state index >= 15 is 0 Å². The molecule has 3 rings (SSSR count). The molecule has 0 bridgehead atoms. The average Bonchev–Trinajstić information content (AvgIpc) is 3.03. The summed E-state index contributed by atoms with van der Waals surface area (Å²) in [5, 5.41) is 13.5. The fraction of sp³-hybridized carbons (Fsp3) is 0. The van der Waals surface area contributed by atoms with Crippen LogP contribution in [0.25, 0.3) is 11.8 Å². The van der Waals surface area contributed by atoms with Crippen LogP contribution in [0.15, 0.2) is 73.1 Å². The number of phenolic OH excluding ortho intramolecular Hbond substituents is 1. The van der Waals surface area contributed by atoms with Crippen molar-refractivity contribution in [1.82, 2.24) is 9.78 Å². The number of benzene rings is 2. The molecule has 0 aliphatic rings. The largest absolute Gasteiger partial charge is 0.508 e. The van der Waals surface area contributed by atoms with Crippen LogP contribution in [0.1, 0.15) is 15.9 Å². The number of aromatic hydroxyl groups is 1. The molecule has 22 heavy (non-hydrogen) atoms. The lowest BCUT2D eigenvalue weighted by molar-refractivity contribution is 0.104. The van der Waals surface area contributed by atoms with Gasteiger partial charge in [-0.05, 0) is 48.6 Å². The maximum absolute atomic E-state index is 12.0. The van der Waals surface area contributed by atoms with Crippen molar-refractivity contribution in [2.45, 2.75) is 0 Å². The molecule has 1 heterocycles. The van der Waals surface area contributed by atoms with Gasteiger partial charge in [-0.15, -0.1) is 0 Å². The number of nitrogens with zero attached hydrogens (tertiary/aromatic N) is 2. The highest BCUT2D eigenvalue weighted by atomic mass is 16.3. The van der Waals surface area contributed by atoms with Crippen LogP contribution < -0.4 is 0 Å². The second kappa shape index (κ2) is 6.10. The highest BCUT2D eigenvalue weighted by Crippen LogP contribution is 2.12. The van der Waals surface area contributed by atoms with E-state index in [0.717, 1.165) is 11.3 Å². The highest BCUT2D eigenvalue weighted by Gasteiger charge is 2.02. The van der Waals surface area contributed by atoms with Gasteiger partial charge in [0.25, 0.3) is 0 Å². The molecule has 0 saturated carbocycles. The van der Waals surface area contributed by atoms with Gasteiger partial charge in [0.2, 0.25) is 0 Å². The molecule has 4 nitrogen and oxygen atoms in total. The van der Waals surface area contributed by atoms with E-state index in [0.29, 0.717) is 5.56 Å². The Morgan fingerprint density at radius 2 is 1.77 bits per heavy atom. The Morgan fingerprint density at radius 3 is 2.50 bits per heavy atom. The molecule has 0 aliphatic carbocycles. The SMILES string of the molecule is O=C(/C=C/c1cnn(-c2ccccc2)c1)c1ccc(O)cc1. The third kappa shape index (κ3) is 3.12. The molecule has 108 valence electrons. The lowest BCUT2D eigenvalue weighted by atomic mass is 10.1. The monoisotopic (exact) mass is 290 g/mol. The summed E-state index contributed by atoms with van der Waals surface area (Å²) >= 11 is 0. The van der Waals surface area contributed by atoms with Gasteiger partial charge in [0.05, 0.1) is 11.9 Å². The lowest BCUT2D eigenvalue weighted by Crippen LogP contribution is -1.93. The van der Waals surface area contributed by atoms with E-state index in [-0.39, 0.29) is 11.5 Å². The fourth-order valence-electron chi connectivity index (χ4n) is 2.04. The molecule has 0 spiro atoms. The van der Waals surface area contributed by atoms with Crippen molar-refractivity contribution < 1.29 is 9.90 Å². The van der Waals surface area contributed by atoms with Gasteiger partial charge in [-0.1, -0.05) is 18.2 Å². The van der Waals surface area contributed by atoms with Crippen LogP contribution in [-0.4, -0.2) is 20.7 Å². The molecule has 4 heteroatoms. The number of hydrogen-bond donors (Lipinski definition) is 1. The maximum Gasteiger partial charge on any atom is 0.185 e. The minimum atomic E-state index is -0.118. The molecule has 1 N–H and O–H groups in total. The minimum Gasteiger partial charge on any atom is -0.508 e. The van der Waals surface area contributed by atoms with Gasteiger partial charge in [-0.25, -0.2) is 4.68 Å². The summed E-state index contributed by atoms with van der Waals surface area (Å²) in [7, 11) is 0. The van der Waals surface area contributed by atoms with Crippen molar-refractivity contribution in [3.8, 4) is 11.4 Å². The third-order valence-corrected chi connectivity index (χ3v) is 3.20. The van der Waals surface area contributed by atoms with Crippen molar-refractivity contribution in [3.05, 3.63) is 84.2 Å². The van der Waals surface area contributed by atoms with Gasteiger partial charge in [0, 0.05) is 17.3 Å². The van der Waals surface area contributed by atoms with E-state index in [4.69, 9.17) is 0 Å². The second-order valence-corrected chi connectivity index (χ2v) is 4.80. The number of para-hydroxylation sites is 1. The Labute approximate surface area is 128 Å². The number of allylic oxidation sites excluding steroid dienone is 1. The first kappa shape index (κ1) is 13.8. The summed E-state index contributed by atoms with van der Waals surface area (Å²) < 4.78 is 1.75. The van der Waals surface area contributed by atoms with Gasteiger partial charge in [0.15, 0.2) is 5.78 Å². The number of aromatic nitrogens is 2. The van der Waals surface area contributed by atoms with Crippen molar-refractivity contribution >= 4 is 11.9 Å². The molecule has 0 fully saturated rings. The Bertz CT molecular complexity index is 803. The number of ketones is 1. The van der Waals surface area contributed by atoms with Crippen molar-refractivity contribution in [2.24, 2.45) is 0 Å². The zero-order valence-electron chi connectivity index (χ0n) is 11.8. The summed E-state index contributed by atoms with van der Waals surface area (Å²) in [4.78, 5) is 12.0. The van der Waals surface area contributed by atoms with E-state index in [1.54, 1.807) is 29.1 Å². The summed E-state index contributed by atoms with van der Waals surface area (Å²) in [6.07, 6.45) is 6.78. The summed E-state index contributed by atoms with van der Waals surface area (Å²) in [6, 6.07) is 15.9. The molecule has 0 aliphatic heterocycles. The van der Waals surface area contributed by atoms with Crippen LogP contribution >= 0.6 is 0 Å². The van der Waals surface area contributed by atoms with E-state index < -0.39 is 0 Å². The van der Waals surface area contributed by atoms with E-state index in [1.165, 1.54) is 18.2 Å². The Morgan fingerprint density at radius 1 is 1.05 bits per heavy atom. The van der Waals surface area contributed by atoms with Crippen molar-refractivity contribution in [2.75, 3.05) is 0 Å². The van der Waals surface area contributed by atoms with E-state index in [2.05, 4.69) is 5.10 Å². The quantitative estimate of drug-likeness (QED) is 0.591. The predicted octanol–water partition coefficient (Wildman–Crippen LogP) is 3.47. The number of carbonyl (C=O) groups excluding carboxylic acids is 1. The average molecular weight is 290 g/mol. The molecular formula is C18H14N2O2. The minimum absolute atomic E-state index is 0.118. The summed E-state index contributed by atoms with van der Waals surface area (Å²) in [6.45, 7) is 0. The molecule has 0 unspecified atom stereocenters. The van der Waals surface area contributed by atoms with Crippen molar-refractivity contribution in [1.29, 1.82) is 0 Å². The summed E-state index contributed by atoms with van der Waals surface area (Å²) in [5.74, 6) is 0.0251. The standard InChI is InChI=1S/C18H14N2O2/c21-17-9-7-15(8-10-17)18(22)11-6-14-12-19-20(13-14)16-4-2-1-3-5-16/h1-13,21H/b11-6+. The Balaban J connectivity index is 1.75. The normalized spacial score (nSPS) is 10.9. The second-order valence-electron chi connectivity index (χ2n) is 4.80. The number of rotatable bonds is 4. The highest BCUT2D eigenvalue weighted by molar-refractivity contribution is 6.06. The van der Waals surface area contributed by atoms with Gasteiger partial charge >= 0.3 is 0 Å². The number of hydrogen-bond acceptors (Lipinski definition) is 3. The number of carbonyl (C=O) groups is 1. The van der Waals surface area contributed by atoms with Crippen LogP contribution in [-0.2, 0) is 0 Å². The fourth-order valence-corrected chi connectivity index (χ4v) is 2.04. The van der Waals surface area contributed by atoms with Gasteiger partial charge in [-0.3, -0.25) is 4.79 Å². The smallest absolute Gasteiger partial charge is 0.185 e. The maximum atomic E-state index is 12.0. The molecular weight excluding hydrogens is 276 g/mol. The Kier molecular flexibility index (Phi) is 3.83. The van der Waals surface area contributed by atoms with E-state index in [1.807, 2.05) is 36.5 Å². The number of phenols is 1. The molecule has 1 aromatic heterocycles. The first-order valence-corrected chi connectivity index (χ1v) is 6.84. The van der Waals surface area contributed by atoms with E-state index in [9.17, 15) is 9.90 Å². The first-order chi connectivity index (χ1) is 10.7. The van der Waals surface area contributed by atoms with Crippen LogP contribution in [0, 0.1) is 0 Å². The lowest BCUT2D eigenvalue weighted by Gasteiger charge is -1.98. The molecule has 0 radical (unpaired) electrons. The first-order valence-electron chi connectivity index (χ1n) is 6.84. The van der Waals surface area contributed by atoms with Crippen LogP contribution in [0.2, 0.25) is 0 Å². The molecule has 3 aromatic rings. The molecule has 0 saturated heterocycles. The molecule has 2 aromatic carbocycles.